The van der Waals surface area contributed by atoms with Crippen LogP contribution in [0.15, 0.2) is 30.3 Å². The van der Waals surface area contributed by atoms with Crippen LogP contribution in [0.3, 0.4) is 0 Å². The van der Waals surface area contributed by atoms with Gasteiger partial charge in [0.15, 0.2) is 0 Å². The first-order valence-corrected chi connectivity index (χ1v) is 7.43. The van der Waals surface area contributed by atoms with E-state index in [1.807, 2.05) is 30.3 Å². The summed E-state index contributed by atoms with van der Waals surface area (Å²) in [4.78, 5) is 24.0. The molecule has 1 aromatic heterocycles. The molecule has 1 saturated carbocycles. The fourth-order valence-electron chi connectivity index (χ4n) is 2.50. The van der Waals surface area contributed by atoms with Gasteiger partial charge in [0.1, 0.15) is 0 Å². The number of carboxylic acids is 1. The van der Waals surface area contributed by atoms with Crippen molar-refractivity contribution in [1.29, 1.82) is 0 Å². The highest BCUT2D eigenvalue weighted by Crippen LogP contribution is 2.40. The molecule has 2 aromatic rings. The highest BCUT2D eigenvalue weighted by molar-refractivity contribution is 7.20. The van der Waals surface area contributed by atoms with Crippen molar-refractivity contribution in [2.45, 2.75) is 19.3 Å². The predicted octanol–water partition coefficient (Wildman–Crippen LogP) is 2.89. The molecule has 0 saturated heterocycles. The van der Waals surface area contributed by atoms with E-state index in [0.717, 1.165) is 16.5 Å². The van der Waals surface area contributed by atoms with Crippen LogP contribution in [-0.2, 0) is 4.79 Å². The molecule has 1 heterocycles. The van der Waals surface area contributed by atoms with Gasteiger partial charge in [-0.25, -0.2) is 0 Å². The number of rotatable bonds is 4. The smallest absolute Gasteiger partial charge is 0.311 e. The minimum absolute atomic E-state index is 0.182. The van der Waals surface area contributed by atoms with Gasteiger partial charge in [-0.05, 0) is 30.4 Å². The molecule has 0 spiro atoms. The summed E-state index contributed by atoms with van der Waals surface area (Å²) in [5.74, 6) is -0.987. The zero-order chi connectivity index (χ0) is 14.2. The molecular weight excluding hydrogens is 274 g/mol. The van der Waals surface area contributed by atoms with E-state index >= 15 is 0 Å². The summed E-state index contributed by atoms with van der Waals surface area (Å²) < 4.78 is 1.06. The number of carboxylic acid groups (broad SMARTS) is 1. The Kier molecular flexibility index (Phi) is 3.22. The maximum atomic E-state index is 12.1. The van der Waals surface area contributed by atoms with E-state index in [-0.39, 0.29) is 12.5 Å². The van der Waals surface area contributed by atoms with Crippen molar-refractivity contribution in [3.05, 3.63) is 35.2 Å². The zero-order valence-electron chi connectivity index (χ0n) is 10.9. The lowest BCUT2D eigenvalue weighted by atomic mass is 9.69. The molecule has 5 heteroatoms. The van der Waals surface area contributed by atoms with Crippen molar-refractivity contribution in [3.8, 4) is 0 Å². The second-order valence-electron chi connectivity index (χ2n) is 5.27. The van der Waals surface area contributed by atoms with Gasteiger partial charge in [0.05, 0.1) is 10.3 Å². The molecule has 3 rings (SSSR count). The third kappa shape index (κ3) is 2.18. The third-order valence-electron chi connectivity index (χ3n) is 4.00. The second-order valence-corrected chi connectivity index (χ2v) is 6.35. The van der Waals surface area contributed by atoms with Gasteiger partial charge in [-0.15, -0.1) is 11.3 Å². The predicted molar refractivity (Wildman–Crippen MR) is 78.1 cm³/mol. The van der Waals surface area contributed by atoms with Crippen molar-refractivity contribution in [2.75, 3.05) is 6.54 Å². The van der Waals surface area contributed by atoms with E-state index in [9.17, 15) is 14.7 Å². The van der Waals surface area contributed by atoms with E-state index in [1.165, 1.54) is 11.3 Å². The number of fused-ring (bicyclic) bond motifs is 1. The SMILES string of the molecule is O=C(NCC1(C(=O)O)CCC1)c1cc2ccccc2s1. The summed E-state index contributed by atoms with van der Waals surface area (Å²) in [6, 6.07) is 9.66. The average molecular weight is 289 g/mol. The summed E-state index contributed by atoms with van der Waals surface area (Å²) in [7, 11) is 0. The van der Waals surface area contributed by atoms with Gasteiger partial charge in [-0.3, -0.25) is 9.59 Å². The Morgan fingerprint density at radius 2 is 2.05 bits per heavy atom. The van der Waals surface area contributed by atoms with Crippen LogP contribution in [0.5, 0.6) is 0 Å². The average Bonchev–Trinajstić information content (AvgIpc) is 2.80. The van der Waals surface area contributed by atoms with Gasteiger partial charge in [0, 0.05) is 11.2 Å². The molecule has 1 aliphatic rings. The monoisotopic (exact) mass is 289 g/mol. The largest absolute Gasteiger partial charge is 0.481 e. The Morgan fingerprint density at radius 3 is 2.65 bits per heavy atom. The number of amides is 1. The highest BCUT2D eigenvalue weighted by atomic mass is 32.1. The Labute approximate surface area is 120 Å². The van der Waals surface area contributed by atoms with Crippen LogP contribution in [0.2, 0.25) is 0 Å². The molecule has 20 heavy (non-hydrogen) atoms. The number of hydrogen-bond acceptors (Lipinski definition) is 3. The van der Waals surface area contributed by atoms with E-state index in [1.54, 1.807) is 0 Å². The summed E-state index contributed by atoms with van der Waals surface area (Å²) in [6.45, 7) is 0.218. The summed E-state index contributed by atoms with van der Waals surface area (Å²) in [6.07, 6.45) is 2.22. The molecule has 0 bridgehead atoms. The van der Waals surface area contributed by atoms with Crippen LogP contribution in [0.1, 0.15) is 28.9 Å². The Morgan fingerprint density at radius 1 is 1.30 bits per heavy atom. The molecule has 1 amide bonds. The van der Waals surface area contributed by atoms with Gasteiger partial charge in [-0.2, -0.15) is 0 Å². The van der Waals surface area contributed by atoms with Crippen LogP contribution in [0.4, 0.5) is 0 Å². The van der Waals surface area contributed by atoms with E-state index < -0.39 is 11.4 Å². The number of aliphatic carboxylic acids is 1. The molecule has 104 valence electrons. The standard InChI is InChI=1S/C15H15NO3S/c17-13(16-9-15(14(18)19)6-3-7-15)12-8-10-4-1-2-5-11(10)20-12/h1-2,4-5,8H,3,6-7,9H2,(H,16,17)(H,18,19). The van der Waals surface area contributed by atoms with E-state index in [2.05, 4.69) is 5.32 Å². The molecule has 0 unspecified atom stereocenters. The minimum atomic E-state index is -0.805. The first-order valence-electron chi connectivity index (χ1n) is 6.61. The number of benzene rings is 1. The van der Waals surface area contributed by atoms with Crippen molar-refractivity contribution < 1.29 is 14.7 Å². The van der Waals surface area contributed by atoms with E-state index in [0.29, 0.717) is 17.7 Å². The third-order valence-corrected chi connectivity index (χ3v) is 5.12. The highest BCUT2D eigenvalue weighted by Gasteiger charge is 2.44. The molecule has 4 nitrogen and oxygen atoms in total. The van der Waals surface area contributed by atoms with Crippen LogP contribution in [-0.4, -0.2) is 23.5 Å². The maximum Gasteiger partial charge on any atom is 0.311 e. The molecule has 2 N–H and O–H groups in total. The molecule has 0 radical (unpaired) electrons. The van der Waals surface area contributed by atoms with Gasteiger partial charge < -0.3 is 10.4 Å². The van der Waals surface area contributed by atoms with Crippen molar-refractivity contribution in [3.63, 3.8) is 0 Å². The maximum absolute atomic E-state index is 12.1. The quantitative estimate of drug-likeness (QED) is 0.909. The van der Waals surface area contributed by atoms with Crippen LogP contribution in [0, 0.1) is 5.41 Å². The van der Waals surface area contributed by atoms with Gasteiger partial charge in [0.2, 0.25) is 0 Å². The van der Waals surface area contributed by atoms with Gasteiger partial charge in [-0.1, -0.05) is 24.6 Å². The lowest BCUT2D eigenvalue weighted by Gasteiger charge is -2.37. The fraction of sp³-hybridized carbons (Fsp3) is 0.333. The molecule has 0 aliphatic heterocycles. The van der Waals surface area contributed by atoms with Crippen molar-refractivity contribution in [2.24, 2.45) is 5.41 Å². The number of carbonyl (C=O) groups excluding carboxylic acids is 1. The Balaban J connectivity index is 1.71. The minimum Gasteiger partial charge on any atom is -0.481 e. The first kappa shape index (κ1) is 13.1. The number of thiophene rings is 1. The summed E-state index contributed by atoms with van der Waals surface area (Å²) >= 11 is 1.43. The molecule has 1 fully saturated rings. The molecule has 1 aliphatic carbocycles. The second kappa shape index (κ2) is 4.90. The fourth-order valence-corrected chi connectivity index (χ4v) is 3.48. The van der Waals surface area contributed by atoms with Crippen LogP contribution in [0.25, 0.3) is 10.1 Å². The Bertz CT molecular complexity index is 640. The molecule has 0 atom stereocenters. The van der Waals surface area contributed by atoms with Gasteiger partial charge >= 0.3 is 5.97 Å². The van der Waals surface area contributed by atoms with Crippen molar-refractivity contribution >= 4 is 33.3 Å². The number of hydrogen-bond donors (Lipinski definition) is 2. The molecular formula is C15H15NO3S. The van der Waals surface area contributed by atoms with E-state index in [4.69, 9.17) is 0 Å². The van der Waals surface area contributed by atoms with Crippen LogP contribution >= 0.6 is 11.3 Å². The lowest BCUT2D eigenvalue weighted by Crippen LogP contribution is -2.47. The summed E-state index contributed by atoms with van der Waals surface area (Å²) in [5.41, 5.74) is -0.744. The first-order chi connectivity index (χ1) is 9.61. The number of carbonyl (C=O) groups is 2. The zero-order valence-corrected chi connectivity index (χ0v) is 11.7. The topological polar surface area (TPSA) is 66.4 Å². The Hall–Kier alpha value is -1.88. The molecule has 1 aromatic carbocycles. The van der Waals surface area contributed by atoms with Gasteiger partial charge in [0.25, 0.3) is 5.91 Å². The van der Waals surface area contributed by atoms with Crippen LogP contribution < -0.4 is 5.32 Å². The number of nitrogens with one attached hydrogen (secondary N) is 1. The van der Waals surface area contributed by atoms with Crippen molar-refractivity contribution in [1.82, 2.24) is 5.32 Å². The lowest BCUT2D eigenvalue weighted by molar-refractivity contribution is -0.153. The normalized spacial score (nSPS) is 16.6. The summed E-state index contributed by atoms with van der Waals surface area (Å²) in [5, 5.41) is 13.0.